The van der Waals surface area contributed by atoms with Crippen LogP contribution in [0.1, 0.15) is 15.9 Å². The second-order valence-corrected chi connectivity index (χ2v) is 7.10. The van der Waals surface area contributed by atoms with E-state index in [1.165, 1.54) is 0 Å². The van der Waals surface area contributed by atoms with Gasteiger partial charge in [-0.3, -0.25) is 4.79 Å². The molecule has 0 fully saturated rings. The number of phenolic OH excluding ortho intramolecular Hbond substituents is 1. The monoisotopic (exact) mass is 412 g/mol. The van der Waals surface area contributed by atoms with E-state index in [9.17, 15) is 9.90 Å². The van der Waals surface area contributed by atoms with Gasteiger partial charge in [-0.15, -0.1) is 0 Å². The van der Waals surface area contributed by atoms with Gasteiger partial charge >= 0.3 is 0 Å². The average Bonchev–Trinajstić information content (AvgIpc) is 3.07. The number of hydrogen-bond donors (Lipinski definition) is 2. The number of fused-ring (bicyclic) bond motifs is 1. The van der Waals surface area contributed by atoms with Crippen LogP contribution in [0.2, 0.25) is 10.0 Å². The van der Waals surface area contributed by atoms with Crippen LogP contribution in [0.5, 0.6) is 5.75 Å². The van der Waals surface area contributed by atoms with E-state index >= 15 is 0 Å². The van der Waals surface area contributed by atoms with Gasteiger partial charge in [0.2, 0.25) is 5.89 Å². The molecule has 0 saturated heterocycles. The van der Waals surface area contributed by atoms with Crippen molar-refractivity contribution in [3.05, 3.63) is 75.8 Å². The minimum absolute atomic E-state index is 0.0217. The molecule has 1 heterocycles. The molecule has 1 amide bonds. The highest BCUT2D eigenvalue weighted by molar-refractivity contribution is 6.34. The summed E-state index contributed by atoms with van der Waals surface area (Å²) in [5, 5.41) is 14.2. The van der Waals surface area contributed by atoms with E-state index in [1.807, 2.05) is 0 Å². The number of aryl methyl sites for hydroxylation is 1. The molecule has 0 radical (unpaired) electrons. The Bertz CT molecular complexity index is 1220. The second-order valence-electron chi connectivity index (χ2n) is 6.25. The Morgan fingerprint density at radius 1 is 1.11 bits per heavy atom. The number of phenols is 1. The van der Waals surface area contributed by atoms with Crippen LogP contribution >= 0.6 is 23.2 Å². The van der Waals surface area contributed by atoms with Crippen LogP contribution in [0.3, 0.4) is 0 Å². The third kappa shape index (κ3) is 3.42. The summed E-state index contributed by atoms with van der Waals surface area (Å²) in [7, 11) is 0. The summed E-state index contributed by atoms with van der Waals surface area (Å²) in [6, 6.07) is 15.1. The fraction of sp³-hybridized carbons (Fsp3) is 0.0476. The van der Waals surface area contributed by atoms with Gasteiger partial charge in [-0.2, -0.15) is 0 Å². The fourth-order valence-electron chi connectivity index (χ4n) is 2.87. The van der Waals surface area contributed by atoms with E-state index < -0.39 is 0 Å². The predicted octanol–water partition coefficient (Wildman–Crippen LogP) is 6.07. The summed E-state index contributed by atoms with van der Waals surface area (Å²) in [6.45, 7) is 1.73. The Morgan fingerprint density at radius 2 is 1.89 bits per heavy atom. The van der Waals surface area contributed by atoms with Crippen LogP contribution in [0, 0.1) is 6.92 Å². The first-order valence-electron chi connectivity index (χ1n) is 8.38. The molecule has 4 aromatic rings. The highest BCUT2D eigenvalue weighted by Crippen LogP contribution is 2.36. The first-order chi connectivity index (χ1) is 13.4. The highest BCUT2D eigenvalue weighted by atomic mass is 35.5. The SMILES string of the molecule is Cc1cc(NC(=O)c2ccccc2Cl)cc(-c2nc3cc(Cl)ccc3o2)c1O. The van der Waals surface area contributed by atoms with Crippen molar-refractivity contribution in [2.75, 3.05) is 5.32 Å². The summed E-state index contributed by atoms with van der Waals surface area (Å²) in [4.78, 5) is 16.9. The normalized spacial score (nSPS) is 11.0. The van der Waals surface area contributed by atoms with Gasteiger partial charge in [0.15, 0.2) is 5.58 Å². The van der Waals surface area contributed by atoms with Crippen molar-refractivity contribution in [1.29, 1.82) is 0 Å². The number of anilines is 1. The Morgan fingerprint density at radius 3 is 2.68 bits per heavy atom. The molecule has 1 aromatic heterocycles. The van der Waals surface area contributed by atoms with Crippen molar-refractivity contribution in [2.24, 2.45) is 0 Å². The standard InChI is InChI=1S/C21H14Cl2N2O3/c1-11-8-13(24-20(27)14-4-2-3-5-16(14)23)10-15(19(11)26)21-25-17-9-12(22)6-7-18(17)28-21/h2-10,26H,1H3,(H,24,27). The number of oxazole rings is 1. The van der Waals surface area contributed by atoms with Crippen LogP contribution in [0.25, 0.3) is 22.6 Å². The number of aromatic nitrogens is 1. The summed E-state index contributed by atoms with van der Waals surface area (Å²) >= 11 is 12.1. The molecule has 0 bridgehead atoms. The van der Waals surface area contributed by atoms with Crippen LogP contribution < -0.4 is 5.32 Å². The molecule has 5 nitrogen and oxygen atoms in total. The zero-order chi connectivity index (χ0) is 19.8. The molecule has 7 heteroatoms. The zero-order valence-electron chi connectivity index (χ0n) is 14.7. The Hall–Kier alpha value is -3.02. The van der Waals surface area contributed by atoms with Crippen LogP contribution in [-0.2, 0) is 0 Å². The third-order valence-corrected chi connectivity index (χ3v) is 4.82. The quantitative estimate of drug-likeness (QED) is 0.400. The number of halogens is 2. The van der Waals surface area contributed by atoms with E-state index in [1.54, 1.807) is 61.5 Å². The second kappa shape index (κ2) is 7.19. The van der Waals surface area contributed by atoms with E-state index in [0.29, 0.717) is 43.5 Å². The minimum atomic E-state index is -0.356. The predicted molar refractivity (Wildman–Crippen MR) is 110 cm³/mol. The fourth-order valence-corrected chi connectivity index (χ4v) is 3.26. The van der Waals surface area contributed by atoms with E-state index in [-0.39, 0.29) is 17.5 Å². The molecule has 140 valence electrons. The lowest BCUT2D eigenvalue weighted by Gasteiger charge is -2.11. The van der Waals surface area contributed by atoms with Crippen LogP contribution in [-0.4, -0.2) is 16.0 Å². The Balaban J connectivity index is 1.73. The summed E-state index contributed by atoms with van der Waals surface area (Å²) in [5.41, 5.74) is 2.88. The number of hydrogen-bond acceptors (Lipinski definition) is 4. The largest absolute Gasteiger partial charge is 0.507 e. The van der Waals surface area contributed by atoms with Crippen molar-refractivity contribution >= 4 is 45.9 Å². The molecular weight excluding hydrogens is 399 g/mol. The number of carbonyl (C=O) groups is 1. The molecule has 0 spiro atoms. The lowest BCUT2D eigenvalue weighted by molar-refractivity contribution is 0.102. The van der Waals surface area contributed by atoms with Gasteiger partial charge in [0.25, 0.3) is 5.91 Å². The Labute approximate surface area is 170 Å². The summed E-state index contributed by atoms with van der Waals surface area (Å²) in [6.07, 6.45) is 0. The maximum Gasteiger partial charge on any atom is 0.257 e. The van der Waals surface area contributed by atoms with Gasteiger partial charge in [-0.05, 0) is 55.0 Å². The van der Waals surface area contributed by atoms with Crippen molar-refractivity contribution in [2.45, 2.75) is 6.92 Å². The lowest BCUT2D eigenvalue weighted by atomic mass is 10.1. The topological polar surface area (TPSA) is 75.4 Å². The molecule has 2 N–H and O–H groups in total. The van der Waals surface area contributed by atoms with Crippen LogP contribution in [0.15, 0.2) is 59.0 Å². The van der Waals surface area contributed by atoms with Crippen LogP contribution in [0.4, 0.5) is 5.69 Å². The van der Waals surface area contributed by atoms with E-state index in [4.69, 9.17) is 27.6 Å². The van der Waals surface area contributed by atoms with Gasteiger partial charge in [0.1, 0.15) is 11.3 Å². The van der Waals surface area contributed by atoms with Crippen molar-refractivity contribution in [3.63, 3.8) is 0 Å². The molecule has 4 rings (SSSR count). The summed E-state index contributed by atoms with van der Waals surface area (Å²) in [5.74, 6) is -0.105. The van der Waals surface area contributed by atoms with Crippen molar-refractivity contribution in [3.8, 4) is 17.2 Å². The molecule has 0 saturated carbocycles. The molecule has 0 aliphatic carbocycles. The maximum atomic E-state index is 12.5. The first-order valence-corrected chi connectivity index (χ1v) is 9.14. The van der Waals surface area contributed by atoms with Gasteiger partial charge < -0.3 is 14.8 Å². The number of benzene rings is 3. The van der Waals surface area contributed by atoms with Gasteiger partial charge in [0, 0.05) is 10.7 Å². The average molecular weight is 413 g/mol. The summed E-state index contributed by atoms with van der Waals surface area (Å²) < 4.78 is 5.75. The number of rotatable bonds is 3. The zero-order valence-corrected chi connectivity index (χ0v) is 16.2. The van der Waals surface area contributed by atoms with Gasteiger partial charge in [-0.1, -0.05) is 35.3 Å². The third-order valence-electron chi connectivity index (χ3n) is 4.26. The van der Waals surface area contributed by atoms with Crippen molar-refractivity contribution < 1.29 is 14.3 Å². The smallest absolute Gasteiger partial charge is 0.257 e. The van der Waals surface area contributed by atoms with Crippen molar-refractivity contribution in [1.82, 2.24) is 4.98 Å². The van der Waals surface area contributed by atoms with Gasteiger partial charge in [0.05, 0.1) is 16.1 Å². The van der Waals surface area contributed by atoms with E-state index in [0.717, 1.165) is 0 Å². The minimum Gasteiger partial charge on any atom is -0.507 e. The molecule has 28 heavy (non-hydrogen) atoms. The molecule has 0 aliphatic rings. The number of aromatic hydroxyl groups is 1. The lowest BCUT2D eigenvalue weighted by Crippen LogP contribution is -2.12. The molecule has 0 aliphatic heterocycles. The van der Waals surface area contributed by atoms with Gasteiger partial charge in [-0.25, -0.2) is 4.98 Å². The molecule has 0 atom stereocenters. The molecular formula is C21H14Cl2N2O3. The van der Waals surface area contributed by atoms with E-state index in [2.05, 4.69) is 10.3 Å². The molecule has 3 aromatic carbocycles. The highest BCUT2D eigenvalue weighted by Gasteiger charge is 2.17. The number of amides is 1. The number of nitrogens with zero attached hydrogens (tertiary/aromatic N) is 1. The Kier molecular flexibility index (Phi) is 4.71. The first kappa shape index (κ1) is 18.3. The number of carbonyl (C=O) groups excluding carboxylic acids is 1. The number of nitrogens with one attached hydrogen (secondary N) is 1. The maximum absolute atomic E-state index is 12.5. The molecule has 0 unspecified atom stereocenters.